The van der Waals surface area contributed by atoms with Crippen LogP contribution in [0.2, 0.25) is 5.15 Å². The zero-order chi connectivity index (χ0) is 20.0. The lowest BCUT2D eigenvalue weighted by Crippen LogP contribution is -2.51. The van der Waals surface area contributed by atoms with Crippen molar-refractivity contribution in [3.8, 4) is 5.88 Å². The monoisotopic (exact) mass is 435 g/mol. The van der Waals surface area contributed by atoms with Crippen molar-refractivity contribution in [2.45, 2.75) is 42.2 Å². The van der Waals surface area contributed by atoms with Gasteiger partial charge in [-0.1, -0.05) is 11.6 Å². The van der Waals surface area contributed by atoms with E-state index in [2.05, 4.69) is 19.9 Å². The zero-order valence-corrected chi connectivity index (χ0v) is 17.4. The maximum absolute atomic E-state index is 12.9. The summed E-state index contributed by atoms with van der Waals surface area (Å²) in [6, 6.07) is 3.13. The third kappa shape index (κ3) is 3.96. The van der Waals surface area contributed by atoms with Crippen LogP contribution in [0.15, 0.2) is 35.6 Å². The number of aromatic nitrogens is 3. The summed E-state index contributed by atoms with van der Waals surface area (Å²) >= 11 is 5.78. The average molecular weight is 436 g/mol. The van der Waals surface area contributed by atoms with Crippen LogP contribution in [0.5, 0.6) is 5.88 Å². The highest BCUT2D eigenvalue weighted by molar-refractivity contribution is 7.89. The van der Waals surface area contributed by atoms with Crippen LogP contribution in [0.4, 0.5) is 0 Å². The highest BCUT2D eigenvalue weighted by Gasteiger charge is 2.41. The van der Waals surface area contributed by atoms with Gasteiger partial charge in [-0.25, -0.2) is 18.4 Å². The number of hydrogen-bond donors (Lipinski definition) is 0. The second-order valence-corrected chi connectivity index (χ2v) is 10.2. The molecule has 0 radical (unpaired) electrons. The summed E-state index contributed by atoms with van der Waals surface area (Å²) in [5, 5.41) is 0.276. The van der Waals surface area contributed by atoms with Crippen LogP contribution >= 0.6 is 11.6 Å². The van der Waals surface area contributed by atoms with Gasteiger partial charge >= 0.3 is 0 Å². The molecule has 8 nitrogen and oxygen atoms in total. The van der Waals surface area contributed by atoms with Gasteiger partial charge in [0, 0.05) is 50.8 Å². The first kappa shape index (κ1) is 19.2. The number of halogens is 1. The normalized spacial score (nSPS) is 25.7. The number of piperazine rings is 1. The highest BCUT2D eigenvalue weighted by Crippen LogP contribution is 2.38. The number of rotatable bonds is 5. The lowest BCUT2D eigenvalue weighted by molar-refractivity contribution is 0.151. The Bertz CT molecular complexity index is 982. The number of hydrogen-bond acceptors (Lipinski definition) is 7. The van der Waals surface area contributed by atoms with Gasteiger partial charge in [-0.15, -0.1) is 0 Å². The van der Waals surface area contributed by atoms with Gasteiger partial charge in [0.15, 0.2) is 0 Å². The second-order valence-electron chi connectivity index (χ2n) is 7.86. The fourth-order valence-corrected chi connectivity index (χ4v) is 5.61. The van der Waals surface area contributed by atoms with Crippen molar-refractivity contribution in [3.63, 3.8) is 0 Å². The molecule has 10 heteroatoms. The SMILES string of the molecule is O=S(=O)(c1ccc(Cl)nc1)N1CCN2C[C@H](Oc3cnc(C4CC4)cn3)C[C@H]2C1. The molecule has 0 unspecified atom stereocenters. The van der Waals surface area contributed by atoms with Gasteiger partial charge in [-0.2, -0.15) is 4.31 Å². The Morgan fingerprint density at radius 2 is 1.90 bits per heavy atom. The first-order valence-electron chi connectivity index (χ1n) is 9.83. The van der Waals surface area contributed by atoms with E-state index < -0.39 is 10.0 Å². The molecule has 0 aromatic carbocycles. The molecule has 0 amide bonds. The Morgan fingerprint density at radius 1 is 1.03 bits per heavy atom. The fraction of sp³-hybridized carbons (Fsp3) is 0.526. The molecule has 4 heterocycles. The Hall–Kier alpha value is -1.81. The molecule has 3 aliphatic rings. The summed E-state index contributed by atoms with van der Waals surface area (Å²) in [4.78, 5) is 15.2. The van der Waals surface area contributed by atoms with E-state index in [0.29, 0.717) is 31.4 Å². The summed E-state index contributed by atoms with van der Waals surface area (Å²) in [5.41, 5.74) is 1.04. The molecule has 0 bridgehead atoms. The Morgan fingerprint density at radius 3 is 2.59 bits per heavy atom. The standard InChI is InChI=1S/C19H22ClN5O3S/c20-18-4-3-16(8-22-18)29(26,27)25-6-5-24-12-15(7-14(24)11-25)28-19-10-21-17(9-23-19)13-1-2-13/h3-4,8-10,13-15H,1-2,5-7,11-12H2/t14-,15+/m0/s1. The van der Waals surface area contributed by atoms with E-state index in [1.54, 1.807) is 6.20 Å². The van der Waals surface area contributed by atoms with Gasteiger partial charge in [-0.05, 0) is 25.0 Å². The third-order valence-electron chi connectivity index (χ3n) is 5.81. The van der Waals surface area contributed by atoms with Crippen LogP contribution in [0.3, 0.4) is 0 Å². The van der Waals surface area contributed by atoms with Crippen molar-refractivity contribution in [1.82, 2.24) is 24.2 Å². The average Bonchev–Trinajstić information content (AvgIpc) is 3.48. The zero-order valence-electron chi connectivity index (χ0n) is 15.8. The van der Waals surface area contributed by atoms with Crippen LogP contribution in [0.25, 0.3) is 0 Å². The fourth-order valence-electron chi connectivity index (χ4n) is 4.08. The number of nitrogens with zero attached hydrogens (tertiary/aromatic N) is 5. The minimum Gasteiger partial charge on any atom is -0.472 e. The van der Waals surface area contributed by atoms with E-state index in [9.17, 15) is 8.42 Å². The van der Waals surface area contributed by atoms with E-state index in [0.717, 1.165) is 18.7 Å². The minimum absolute atomic E-state index is 0.0130. The largest absolute Gasteiger partial charge is 0.472 e. The van der Waals surface area contributed by atoms with E-state index in [1.165, 1.54) is 35.5 Å². The quantitative estimate of drug-likeness (QED) is 0.663. The van der Waals surface area contributed by atoms with E-state index in [4.69, 9.17) is 16.3 Å². The molecule has 1 saturated carbocycles. The molecule has 1 aliphatic carbocycles. The number of pyridine rings is 1. The first-order chi connectivity index (χ1) is 14.0. The first-order valence-corrected chi connectivity index (χ1v) is 11.7. The van der Waals surface area contributed by atoms with Crippen molar-refractivity contribution in [1.29, 1.82) is 0 Å². The molecule has 0 N–H and O–H groups in total. The van der Waals surface area contributed by atoms with E-state index in [1.807, 2.05) is 6.20 Å². The number of sulfonamides is 1. The molecular formula is C19H22ClN5O3S. The van der Waals surface area contributed by atoms with Crippen molar-refractivity contribution in [2.75, 3.05) is 26.2 Å². The highest BCUT2D eigenvalue weighted by atomic mass is 35.5. The lowest BCUT2D eigenvalue weighted by atomic mass is 10.2. The lowest BCUT2D eigenvalue weighted by Gasteiger charge is -2.36. The molecular weight excluding hydrogens is 414 g/mol. The molecule has 29 heavy (non-hydrogen) atoms. The smallest absolute Gasteiger partial charge is 0.244 e. The predicted molar refractivity (Wildman–Crippen MR) is 106 cm³/mol. The molecule has 0 spiro atoms. The number of fused-ring (bicyclic) bond motifs is 1. The van der Waals surface area contributed by atoms with Crippen molar-refractivity contribution < 1.29 is 13.2 Å². The van der Waals surface area contributed by atoms with E-state index >= 15 is 0 Å². The van der Waals surface area contributed by atoms with Crippen LogP contribution in [0.1, 0.15) is 30.9 Å². The van der Waals surface area contributed by atoms with Crippen LogP contribution in [0, 0.1) is 0 Å². The maximum Gasteiger partial charge on any atom is 0.244 e. The molecule has 3 fully saturated rings. The second kappa shape index (κ2) is 7.46. The Kier molecular flexibility index (Phi) is 4.93. The molecule has 2 aromatic heterocycles. The summed E-state index contributed by atoms with van der Waals surface area (Å²) in [7, 11) is -3.58. The summed E-state index contributed by atoms with van der Waals surface area (Å²) in [6.07, 6.45) is 7.96. The molecule has 2 saturated heterocycles. The minimum atomic E-state index is -3.58. The maximum atomic E-state index is 12.9. The van der Waals surface area contributed by atoms with Crippen LogP contribution in [-0.2, 0) is 10.0 Å². The molecule has 2 aromatic rings. The molecule has 2 atom stereocenters. The van der Waals surface area contributed by atoms with Gasteiger partial charge in [0.1, 0.15) is 16.2 Å². The van der Waals surface area contributed by atoms with E-state index in [-0.39, 0.29) is 22.2 Å². The Labute approximate surface area is 174 Å². The summed E-state index contributed by atoms with van der Waals surface area (Å²) in [5.74, 6) is 1.11. The van der Waals surface area contributed by atoms with Crippen molar-refractivity contribution in [3.05, 3.63) is 41.6 Å². The molecule has 5 rings (SSSR count). The van der Waals surface area contributed by atoms with Crippen molar-refractivity contribution >= 4 is 21.6 Å². The number of ether oxygens (including phenoxy) is 1. The topological polar surface area (TPSA) is 88.5 Å². The summed E-state index contributed by atoms with van der Waals surface area (Å²) in [6.45, 7) is 2.34. The van der Waals surface area contributed by atoms with Crippen molar-refractivity contribution in [2.24, 2.45) is 0 Å². The third-order valence-corrected chi connectivity index (χ3v) is 7.88. The van der Waals surface area contributed by atoms with Gasteiger partial charge in [0.25, 0.3) is 0 Å². The van der Waals surface area contributed by atoms with Gasteiger partial charge in [-0.3, -0.25) is 9.88 Å². The Balaban J connectivity index is 1.22. The predicted octanol–water partition coefficient (Wildman–Crippen LogP) is 1.93. The molecule has 2 aliphatic heterocycles. The van der Waals surface area contributed by atoms with Gasteiger partial charge in [0.2, 0.25) is 15.9 Å². The van der Waals surface area contributed by atoms with Crippen LogP contribution < -0.4 is 4.74 Å². The molecule has 154 valence electrons. The summed E-state index contributed by atoms with van der Waals surface area (Å²) < 4.78 is 33.4. The van der Waals surface area contributed by atoms with Gasteiger partial charge < -0.3 is 4.74 Å². The van der Waals surface area contributed by atoms with Crippen LogP contribution in [-0.4, -0.2) is 70.9 Å². The van der Waals surface area contributed by atoms with Gasteiger partial charge in [0.05, 0.1) is 18.1 Å².